The van der Waals surface area contributed by atoms with E-state index in [0.29, 0.717) is 18.8 Å². The predicted molar refractivity (Wildman–Crippen MR) is 66.4 cm³/mol. The first-order valence-electron chi connectivity index (χ1n) is 5.34. The zero-order valence-electron chi connectivity index (χ0n) is 9.15. The topological polar surface area (TPSA) is 62.3 Å². The summed E-state index contributed by atoms with van der Waals surface area (Å²) in [7, 11) is 0. The minimum Gasteiger partial charge on any atom is -0.333 e. The molecule has 0 bridgehead atoms. The van der Waals surface area contributed by atoms with Gasteiger partial charge in [-0.15, -0.1) is 0 Å². The molecule has 2 heterocycles. The quantitative estimate of drug-likeness (QED) is 0.917. The molecule has 1 aromatic heterocycles. The van der Waals surface area contributed by atoms with Gasteiger partial charge in [-0.3, -0.25) is 9.59 Å². The second-order valence-electron chi connectivity index (χ2n) is 3.83. The molecule has 1 saturated heterocycles. The molecule has 5 nitrogen and oxygen atoms in total. The van der Waals surface area contributed by atoms with Gasteiger partial charge in [0.05, 0.1) is 6.54 Å². The van der Waals surface area contributed by atoms with E-state index in [1.165, 1.54) is 0 Å². The lowest BCUT2D eigenvalue weighted by molar-refractivity contribution is -0.131. The second kappa shape index (κ2) is 5.27. The number of anilines is 1. The SMILES string of the molecule is O=C(CN1CCCC1=O)Nc1ccc(Br)cn1. The zero-order valence-corrected chi connectivity index (χ0v) is 10.7. The van der Waals surface area contributed by atoms with E-state index in [-0.39, 0.29) is 18.4 Å². The highest BCUT2D eigenvalue weighted by molar-refractivity contribution is 9.10. The predicted octanol–water partition coefficient (Wildman–Crippen LogP) is 1.40. The van der Waals surface area contributed by atoms with Gasteiger partial charge in [0.25, 0.3) is 0 Å². The summed E-state index contributed by atoms with van der Waals surface area (Å²) in [5.74, 6) is 0.323. The number of rotatable bonds is 3. The van der Waals surface area contributed by atoms with Crippen LogP contribution in [0.15, 0.2) is 22.8 Å². The summed E-state index contributed by atoms with van der Waals surface area (Å²) in [6, 6.07) is 3.50. The van der Waals surface area contributed by atoms with Crippen molar-refractivity contribution in [2.24, 2.45) is 0 Å². The first-order chi connectivity index (χ1) is 8.15. The maximum Gasteiger partial charge on any atom is 0.245 e. The Kier molecular flexibility index (Phi) is 3.73. The van der Waals surface area contributed by atoms with Crippen LogP contribution in [0.25, 0.3) is 0 Å². The van der Waals surface area contributed by atoms with Crippen LogP contribution in [0.4, 0.5) is 5.82 Å². The molecule has 1 aliphatic rings. The second-order valence-corrected chi connectivity index (χ2v) is 4.74. The Morgan fingerprint density at radius 3 is 2.94 bits per heavy atom. The van der Waals surface area contributed by atoms with Crippen LogP contribution in [-0.4, -0.2) is 34.8 Å². The molecule has 1 fully saturated rings. The summed E-state index contributed by atoms with van der Waals surface area (Å²) < 4.78 is 0.852. The van der Waals surface area contributed by atoms with Gasteiger partial charge >= 0.3 is 0 Å². The van der Waals surface area contributed by atoms with E-state index in [4.69, 9.17) is 0 Å². The number of carbonyl (C=O) groups is 2. The van der Waals surface area contributed by atoms with Crippen molar-refractivity contribution < 1.29 is 9.59 Å². The number of hydrogen-bond acceptors (Lipinski definition) is 3. The molecule has 1 N–H and O–H groups in total. The van der Waals surface area contributed by atoms with Crippen molar-refractivity contribution in [3.63, 3.8) is 0 Å². The molecular formula is C11H12BrN3O2. The number of likely N-dealkylation sites (tertiary alicyclic amines) is 1. The monoisotopic (exact) mass is 297 g/mol. The van der Waals surface area contributed by atoms with E-state index >= 15 is 0 Å². The minimum atomic E-state index is -0.213. The highest BCUT2D eigenvalue weighted by atomic mass is 79.9. The largest absolute Gasteiger partial charge is 0.333 e. The van der Waals surface area contributed by atoms with E-state index in [1.807, 2.05) is 0 Å². The Morgan fingerprint density at radius 1 is 1.53 bits per heavy atom. The van der Waals surface area contributed by atoms with Gasteiger partial charge in [0.15, 0.2) is 0 Å². The molecule has 90 valence electrons. The van der Waals surface area contributed by atoms with Crippen LogP contribution in [0.3, 0.4) is 0 Å². The average Bonchev–Trinajstić information content (AvgIpc) is 2.68. The molecule has 1 aliphatic heterocycles. The average molecular weight is 298 g/mol. The fourth-order valence-corrected chi connectivity index (χ4v) is 1.91. The van der Waals surface area contributed by atoms with Crippen LogP contribution in [0, 0.1) is 0 Å². The third-order valence-corrected chi connectivity index (χ3v) is 2.97. The summed E-state index contributed by atoms with van der Waals surface area (Å²) in [4.78, 5) is 28.6. The number of amides is 2. The number of pyridine rings is 1. The van der Waals surface area contributed by atoms with E-state index in [2.05, 4.69) is 26.2 Å². The van der Waals surface area contributed by atoms with Gasteiger partial charge < -0.3 is 10.2 Å². The van der Waals surface area contributed by atoms with Crippen molar-refractivity contribution in [3.05, 3.63) is 22.8 Å². The van der Waals surface area contributed by atoms with Crippen LogP contribution >= 0.6 is 15.9 Å². The maximum atomic E-state index is 11.6. The fourth-order valence-electron chi connectivity index (χ4n) is 1.68. The lowest BCUT2D eigenvalue weighted by atomic mass is 10.4. The first kappa shape index (κ1) is 12.0. The summed E-state index contributed by atoms with van der Waals surface area (Å²) in [6.45, 7) is 0.774. The van der Waals surface area contributed by atoms with Gasteiger partial charge in [0, 0.05) is 23.6 Å². The maximum absolute atomic E-state index is 11.6. The number of nitrogens with one attached hydrogen (secondary N) is 1. The van der Waals surface area contributed by atoms with Crippen LogP contribution in [0.2, 0.25) is 0 Å². The summed E-state index contributed by atoms with van der Waals surface area (Å²) in [5.41, 5.74) is 0. The normalized spacial score (nSPS) is 15.1. The number of carbonyl (C=O) groups excluding carboxylic acids is 2. The Bertz CT molecular complexity index is 433. The Labute approximate surface area is 107 Å². The van der Waals surface area contributed by atoms with E-state index in [1.54, 1.807) is 23.2 Å². The molecule has 17 heavy (non-hydrogen) atoms. The van der Waals surface area contributed by atoms with Crippen molar-refractivity contribution in [1.82, 2.24) is 9.88 Å². The molecule has 0 atom stereocenters. The van der Waals surface area contributed by atoms with Gasteiger partial charge in [-0.1, -0.05) is 0 Å². The molecule has 6 heteroatoms. The number of halogens is 1. The van der Waals surface area contributed by atoms with Crippen molar-refractivity contribution >= 4 is 33.6 Å². The molecule has 0 aliphatic carbocycles. The number of hydrogen-bond donors (Lipinski definition) is 1. The molecule has 1 aromatic rings. The molecule has 2 amide bonds. The van der Waals surface area contributed by atoms with Gasteiger partial charge in [-0.05, 0) is 34.5 Å². The van der Waals surface area contributed by atoms with Crippen molar-refractivity contribution in [3.8, 4) is 0 Å². The Hall–Kier alpha value is -1.43. The van der Waals surface area contributed by atoms with Crippen LogP contribution in [0.1, 0.15) is 12.8 Å². The molecule has 0 radical (unpaired) electrons. The van der Waals surface area contributed by atoms with E-state index < -0.39 is 0 Å². The third-order valence-electron chi connectivity index (χ3n) is 2.50. The smallest absolute Gasteiger partial charge is 0.245 e. The minimum absolute atomic E-state index is 0.0453. The van der Waals surface area contributed by atoms with E-state index in [0.717, 1.165) is 10.9 Å². The standard InChI is InChI=1S/C11H12BrN3O2/c12-8-3-4-9(13-6-8)14-10(16)7-15-5-1-2-11(15)17/h3-4,6H,1-2,5,7H2,(H,13,14,16). The van der Waals surface area contributed by atoms with Gasteiger partial charge in [0.1, 0.15) is 5.82 Å². The molecule has 0 saturated carbocycles. The summed E-state index contributed by atoms with van der Waals surface area (Å²) >= 11 is 3.26. The van der Waals surface area contributed by atoms with E-state index in [9.17, 15) is 9.59 Å². The lowest BCUT2D eigenvalue weighted by Crippen LogP contribution is -2.34. The van der Waals surface area contributed by atoms with Crippen LogP contribution in [0.5, 0.6) is 0 Å². The lowest BCUT2D eigenvalue weighted by Gasteiger charge is -2.14. The molecule has 0 unspecified atom stereocenters. The van der Waals surface area contributed by atoms with Crippen molar-refractivity contribution in [1.29, 1.82) is 0 Å². The Morgan fingerprint density at radius 2 is 2.35 bits per heavy atom. The zero-order chi connectivity index (χ0) is 12.3. The molecule has 2 rings (SSSR count). The van der Waals surface area contributed by atoms with Crippen LogP contribution < -0.4 is 5.32 Å². The fraction of sp³-hybridized carbons (Fsp3) is 0.364. The van der Waals surface area contributed by atoms with Crippen molar-refractivity contribution in [2.45, 2.75) is 12.8 Å². The molecule has 0 aromatic carbocycles. The molecular weight excluding hydrogens is 286 g/mol. The van der Waals surface area contributed by atoms with Gasteiger partial charge in [-0.2, -0.15) is 0 Å². The Balaban J connectivity index is 1.88. The van der Waals surface area contributed by atoms with Gasteiger partial charge in [0.2, 0.25) is 11.8 Å². The first-order valence-corrected chi connectivity index (χ1v) is 6.13. The summed E-state index contributed by atoms with van der Waals surface area (Å²) in [6.07, 6.45) is 2.99. The highest BCUT2D eigenvalue weighted by Gasteiger charge is 2.22. The van der Waals surface area contributed by atoms with Crippen molar-refractivity contribution in [2.75, 3.05) is 18.4 Å². The van der Waals surface area contributed by atoms with Crippen LogP contribution in [-0.2, 0) is 9.59 Å². The number of nitrogens with zero attached hydrogens (tertiary/aromatic N) is 2. The molecule has 0 spiro atoms. The highest BCUT2D eigenvalue weighted by Crippen LogP contribution is 2.12. The summed E-state index contributed by atoms with van der Waals surface area (Å²) in [5, 5.41) is 2.65. The third kappa shape index (κ3) is 3.26. The van der Waals surface area contributed by atoms with Gasteiger partial charge in [-0.25, -0.2) is 4.98 Å². The number of aromatic nitrogens is 1.